The van der Waals surface area contributed by atoms with Gasteiger partial charge in [-0.2, -0.15) is 8.42 Å². The summed E-state index contributed by atoms with van der Waals surface area (Å²) in [6, 6.07) is 0. The van der Waals surface area contributed by atoms with Gasteiger partial charge in [0.15, 0.2) is 0 Å². The Morgan fingerprint density at radius 3 is 2.10 bits per heavy atom. The van der Waals surface area contributed by atoms with Crippen LogP contribution < -0.4 is 0 Å². The Bertz CT molecular complexity index is 247. The van der Waals surface area contributed by atoms with Crippen molar-refractivity contribution >= 4 is 23.4 Å². The van der Waals surface area contributed by atoms with E-state index in [9.17, 15) is 8.42 Å². The van der Waals surface area contributed by atoms with E-state index in [1.54, 1.807) is 0 Å². The van der Waals surface area contributed by atoms with E-state index in [4.69, 9.17) is 6.42 Å². The molecule has 5 heteroatoms. The molecule has 0 bridgehead atoms. The van der Waals surface area contributed by atoms with Gasteiger partial charge in [-0.3, -0.25) is 0 Å². The molecule has 0 spiro atoms. The highest BCUT2D eigenvalue weighted by Gasteiger charge is 2.21. The molecular formula is C5H7BrO3S. The number of hydrogen-bond acceptors (Lipinski definition) is 3. The molecule has 0 radical (unpaired) electrons. The van der Waals surface area contributed by atoms with Crippen molar-refractivity contribution in [2.75, 3.05) is 0 Å². The summed E-state index contributed by atoms with van der Waals surface area (Å²) in [5.41, 5.74) is -1.08. The molecule has 10 heavy (non-hydrogen) atoms. The maximum Gasteiger partial charge on any atom is 0.330 e. The molecule has 0 aromatic carbocycles. The summed E-state index contributed by atoms with van der Waals surface area (Å²) in [4.78, 5) is 0. The lowest BCUT2D eigenvalue weighted by Gasteiger charge is -2.14. The summed E-state index contributed by atoms with van der Waals surface area (Å²) in [6.45, 7) is 2.96. The van der Waals surface area contributed by atoms with Crippen LogP contribution >= 0.6 is 14.8 Å². The lowest BCUT2D eigenvalue weighted by atomic mass is 10.2. The monoisotopic (exact) mass is 226 g/mol. The van der Waals surface area contributed by atoms with Gasteiger partial charge in [0.1, 0.15) is 5.60 Å². The maximum absolute atomic E-state index is 10.4. The average molecular weight is 227 g/mol. The molecule has 0 rings (SSSR count). The fraction of sp³-hybridized carbons (Fsp3) is 0.600. The minimum Gasteiger partial charge on any atom is -0.242 e. The second-order valence-corrected chi connectivity index (χ2v) is 5.46. The Balaban J connectivity index is 4.35. The van der Waals surface area contributed by atoms with E-state index >= 15 is 0 Å². The van der Waals surface area contributed by atoms with Gasteiger partial charge in [0.25, 0.3) is 0 Å². The quantitative estimate of drug-likeness (QED) is 0.523. The van der Waals surface area contributed by atoms with E-state index in [-0.39, 0.29) is 0 Å². The van der Waals surface area contributed by atoms with Crippen LogP contribution in [0.3, 0.4) is 0 Å². The SMILES string of the molecule is C#CC(C)(C)OS(=O)(=O)Br. The second kappa shape index (κ2) is 2.91. The molecule has 0 heterocycles. The van der Waals surface area contributed by atoms with Gasteiger partial charge in [0.05, 0.1) is 14.8 Å². The van der Waals surface area contributed by atoms with Crippen LogP contribution in [0.1, 0.15) is 13.8 Å². The Hall–Kier alpha value is -0.0500. The molecule has 0 aliphatic rings. The van der Waals surface area contributed by atoms with Crippen molar-refractivity contribution < 1.29 is 12.6 Å². The molecule has 0 amide bonds. The van der Waals surface area contributed by atoms with Crippen LogP contribution in [0.25, 0.3) is 0 Å². The normalized spacial score (nSPS) is 12.6. The maximum atomic E-state index is 10.4. The van der Waals surface area contributed by atoms with E-state index < -0.39 is 14.2 Å². The molecule has 0 aromatic rings. The second-order valence-electron chi connectivity index (χ2n) is 2.13. The topological polar surface area (TPSA) is 43.4 Å². The number of rotatable bonds is 2. The van der Waals surface area contributed by atoms with Crippen molar-refractivity contribution in [1.29, 1.82) is 0 Å². The van der Waals surface area contributed by atoms with Gasteiger partial charge in [-0.25, -0.2) is 4.18 Å². The Kier molecular flexibility index (Phi) is 2.89. The molecule has 0 saturated carbocycles. The summed E-state index contributed by atoms with van der Waals surface area (Å²) in [5.74, 6) is 2.17. The third-order valence-electron chi connectivity index (χ3n) is 0.655. The first-order chi connectivity index (χ1) is 4.27. The van der Waals surface area contributed by atoms with Gasteiger partial charge >= 0.3 is 8.55 Å². The Morgan fingerprint density at radius 2 is 2.00 bits per heavy atom. The molecule has 3 nitrogen and oxygen atoms in total. The van der Waals surface area contributed by atoms with Gasteiger partial charge in [-0.1, -0.05) is 5.92 Å². The van der Waals surface area contributed by atoms with Crippen molar-refractivity contribution in [3.8, 4) is 12.3 Å². The van der Waals surface area contributed by atoms with E-state index in [0.29, 0.717) is 0 Å². The highest BCUT2D eigenvalue weighted by atomic mass is 79.9. The third-order valence-corrected chi connectivity index (χ3v) is 1.67. The smallest absolute Gasteiger partial charge is 0.242 e. The van der Waals surface area contributed by atoms with Crippen molar-refractivity contribution in [3.63, 3.8) is 0 Å². The Labute approximate surface area is 68.1 Å². The largest absolute Gasteiger partial charge is 0.330 e. The first-order valence-corrected chi connectivity index (χ1v) is 5.65. The molecule has 0 N–H and O–H groups in total. The van der Waals surface area contributed by atoms with Crippen LogP contribution in [0, 0.1) is 12.3 Å². The third kappa shape index (κ3) is 4.79. The molecule has 0 unspecified atom stereocenters. The standard InChI is InChI=1S/C5H7BrO3S/c1-4-5(2,3)9-10(6,7)8/h1H,2-3H3. The molecule has 0 saturated heterocycles. The average Bonchev–Trinajstić information content (AvgIpc) is 1.60. The first kappa shape index (κ1) is 9.95. The molecule has 0 aliphatic heterocycles. The van der Waals surface area contributed by atoms with E-state index in [1.807, 2.05) is 0 Å². The lowest BCUT2D eigenvalue weighted by Crippen LogP contribution is -2.23. The van der Waals surface area contributed by atoms with Crippen molar-refractivity contribution in [1.82, 2.24) is 0 Å². The molecule has 0 aliphatic carbocycles. The van der Waals surface area contributed by atoms with Gasteiger partial charge in [-0.15, -0.1) is 6.42 Å². The number of hydrogen-bond donors (Lipinski definition) is 0. The van der Waals surface area contributed by atoms with Gasteiger partial charge in [-0.05, 0) is 13.8 Å². The van der Waals surface area contributed by atoms with Crippen molar-refractivity contribution in [3.05, 3.63) is 0 Å². The summed E-state index contributed by atoms with van der Waals surface area (Å²) in [5, 5.41) is 0. The lowest BCUT2D eigenvalue weighted by molar-refractivity contribution is 0.188. The van der Waals surface area contributed by atoms with Gasteiger partial charge in [0.2, 0.25) is 0 Å². The van der Waals surface area contributed by atoms with Crippen LogP contribution in [0.5, 0.6) is 0 Å². The zero-order valence-corrected chi connectivity index (χ0v) is 7.99. The summed E-state index contributed by atoms with van der Waals surface area (Å²) in [6.07, 6.45) is 4.95. The van der Waals surface area contributed by atoms with Crippen LogP contribution in [0.2, 0.25) is 0 Å². The molecule has 0 aromatic heterocycles. The van der Waals surface area contributed by atoms with E-state index in [0.717, 1.165) is 0 Å². The van der Waals surface area contributed by atoms with Crippen LogP contribution in [0.15, 0.2) is 0 Å². The highest BCUT2D eigenvalue weighted by Crippen LogP contribution is 2.15. The minimum atomic E-state index is -3.62. The summed E-state index contributed by atoms with van der Waals surface area (Å²) >= 11 is 2.31. The van der Waals surface area contributed by atoms with Gasteiger partial charge < -0.3 is 0 Å². The van der Waals surface area contributed by atoms with Crippen molar-refractivity contribution in [2.45, 2.75) is 19.4 Å². The zero-order valence-electron chi connectivity index (χ0n) is 5.59. The predicted molar refractivity (Wildman–Crippen MR) is 41.8 cm³/mol. The highest BCUT2D eigenvalue weighted by molar-refractivity contribution is 9.46. The molecule has 58 valence electrons. The predicted octanol–water partition coefficient (Wildman–Crippen LogP) is 1.05. The van der Waals surface area contributed by atoms with E-state index in [2.05, 4.69) is 24.9 Å². The van der Waals surface area contributed by atoms with Crippen LogP contribution in [-0.4, -0.2) is 14.0 Å². The molecule has 0 fully saturated rings. The minimum absolute atomic E-state index is 1.08. The molecule has 0 atom stereocenters. The van der Waals surface area contributed by atoms with E-state index in [1.165, 1.54) is 13.8 Å². The molecular weight excluding hydrogens is 220 g/mol. The zero-order chi connectivity index (χ0) is 8.41. The summed E-state index contributed by atoms with van der Waals surface area (Å²) in [7, 11) is -3.62. The Morgan fingerprint density at radius 1 is 1.60 bits per heavy atom. The first-order valence-electron chi connectivity index (χ1n) is 2.40. The fourth-order valence-electron chi connectivity index (χ4n) is 0.273. The van der Waals surface area contributed by atoms with Gasteiger partial charge in [0, 0.05) is 0 Å². The van der Waals surface area contributed by atoms with Crippen LogP contribution in [-0.2, 0) is 12.7 Å². The van der Waals surface area contributed by atoms with Crippen LogP contribution in [0.4, 0.5) is 0 Å². The number of halogens is 1. The summed E-state index contributed by atoms with van der Waals surface area (Å²) < 4.78 is 25.2. The van der Waals surface area contributed by atoms with Crippen molar-refractivity contribution in [2.24, 2.45) is 0 Å². The fourth-order valence-corrected chi connectivity index (χ4v) is 1.81. The number of terminal acetylenes is 1.